The smallest absolute Gasteiger partial charge is 0.270 e. The van der Waals surface area contributed by atoms with Gasteiger partial charge in [0.05, 0.1) is 27.2 Å². The number of hydrogen-bond acceptors (Lipinski definition) is 6. The van der Waals surface area contributed by atoms with Crippen molar-refractivity contribution in [1.29, 1.82) is 0 Å². The second-order valence-corrected chi connectivity index (χ2v) is 6.24. The normalized spacial score (nSPS) is 10.4. The zero-order chi connectivity index (χ0) is 18.8. The number of likely N-dealkylation sites (N-methyl/N-ethyl adjacent to an activating group) is 1. The molecule has 0 aliphatic rings. The second kappa shape index (κ2) is 9.50. The number of carbonyl (C=O) groups excluding carboxylic acids is 1. The number of hydrogen-bond donors (Lipinski definition) is 2. The first-order chi connectivity index (χ1) is 12.4. The summed E-state index contributed by atoms with van der Waals surface area (Å²) in [5.41, 5.74) is 7.96. The van der Waals surface area contributed by atoms with E-state index in [9.17, 15) is 14.9 Å². The quantitative estimate of drug-likeness (QED) is 0.368. The molecule has 0 unspecified atom stereocenters. The third-order valence-electron chi connectivity index (χ3n) is 4.13. The predicted octanol–water partition coefficient (Wildman–Crippen LogP) is 3.01. The summed E-state index contributed by atoms with van der Waals surface area (Å²) in [7, 11) is 3.86. The van der Waals surface area contributed by atoms with Gasteiger partial charge in [0, 0.05) is 36.0 Å². The van der Waals surface area contributed by atoms with E-state index in [1.165, 1.54) is 12.1 Å². The molecule has 0 spiro atoms. The third kappa shape index (κ3) is 4.59. The number of pyridine rings is 1. The summed E-state index contributed by atoms with van der Waals surface area (Å²) in [6, 6.07) is 9.50. The Balaban J connectivity index is 0.00000196. The molecule has 3 rings (SSSR count). The van der Waals surface area contributed by atoms with Crippen LogP contribution in [-0.4, -0.2) is 47.9 Å². The van der Waals surface area contributed by atoms with E-state index in [1.54, 1.807) is 24.3 Å². The van der Waals surface area contributed by atoms with Gasteiger partial charge < -0.3 is 16.0 Å². The number of carbonyl (C=O) groups is 1. The van der Waals surface area contributed by atoms with Crippen molar-refractivity contribution in [3.63, 3.8) is 0 Å². The van der Waals surface area contributed by atoms with Crippen LogP contribution >= 0.6 is 24.8 Å². The standard InChI is InChI=1S/C18H19N5O3.2ClH/c1-22(2)9-8-20-18(24)13-5-3-4-12-16(19)14-10-11(23(25)26)6-7-15(14)21-17(12)13;;/h3-7,10H,8-9H2,1-2H3,(H2,19,21)(H,20,24);2*1H. The number of aromatic nitrogens is 1. The molecule has 0 aliphatic heterocycles. The Hall–Kier alpha value is -2.68. The van der Waals surface area contributed by atoms with Gasteiger partial charge in [-0.1, -0.05) is 12.1 Å². The van der Waals surface area contributed by atoms with Gasteiger partial charge in [-0.05, 0) is 26.2 Å². The molecule has 0 radical (unpaired) electrons. The Morgan fingerprint density at radius 1 is 1.21 bits per heavy atom. The van der Waals surface area contributed by atoms with Gasteiger partial charge in [-0.25, -0.2) is 4.98 Å². The summed E-state index contributed by atoms with van der Waals surface area (Å²) >= 11 is 0. The van der Waals surface area contributed by atoms with Crippen LogP contribution in [0.4, 0.5) is 11.4 Å². The van der Waals surface area contributed by atoms with Crippen LogP contribution in [0.1, 0.15) is 10.4 Å². The van der Waals surface area contributed by atoms with E-state index >= 15 is 0 Å². The maximum absolute atomic E-state index is 12.5. The lowest BCUT2D eigenvalue weighted by Crippen LogP contribution is -2.31. The van der Waals surface area contributed by atoms with Gasteiger partial charge in [0.25, 0.3) is 11.6 Å². The van der Waals surface area contributed by atoms with E-state index < -0.39 is 4.92 Å². The largest absolute Gasteiger partial charge is 0.398 e. The van der Waals surface area contributed by atoms with Gasteiger partial charge in [0.2, 0.25) is 0 Å². The number of benzene rings is 2. The molecule has 1 amide bonds. The first-order valence-electron chi connectivity index (χ1n) is 8.08. The van der Waals surface area contributed by atoms with Gasteiger partial charge in [0.1, 0.15) is 0 Å². The van der Waals surface area contributed by atoms with Gasteiger partial charge in [-0.3, -0.25) is 14.9 Å². The van der Waals surface area contributed by atoms with Crippen molar-refractivity contribution >= 4 is 63.9 Å². The lowest BCUT2D eigenvalue weighted by Gasteiger charge is -2.12. The molecular weight excluding hydrogens is 405 g/mol. The Labute approximate surface area is 174 Å². The molecule has 0 bridgehead atoms. The molecule has 0 atom stereocenters. The number of nitrogens with one attached hydrogen (secondary N) is 1. The summed E-state index contributed by atoms with van der Waals surface area (Å²) in [5, 5.41) is 15.0. The van der Waals surface area contributed by atoms with Gasteiger partial charge in [-0.2, -0.15) is 0 Å². The number of nitro benzene ring substituents is 1. The minimum atomic E-state index is -0.475. The number of non-ortho nitro benzene ring substituents is 1. The van der Waals surface area contributed by atoms with E-state index in [0.717, 1.165) is 6.54 Å². The van der Waals surface area contributed by atoms with Gasteiger partial charge in [0.15, 0.2) is 0 Å². The summed E-state index contributed by atoms with van der Waals surface area (Å²) in [4.78, 5) is 29.6. The first-order valence-corrected chi connectivity index (χ1v) is 8.08. The van der Waals surface area contributed by atoms with Gasteiger partial charge in [-0.15, -0.1) is 24.8 Å². The Kier molecular flexibility index (Phi) is 7.92. The zero-order valence-corrected chi connectivity index (χ0v) is 17.0. The SMILES string of the molecule is CN(C)CCNC(=O)c1cccc2c(N)c3cc([N+](=O)[O-])ccc3nc12.Cl.Cl. The van der Waals surface area contributed by atoms with Gasteiger partial charge >= 0.3 is 0 Å². The van der Waals surface area contributed by atoms with Crippen LogP contribution in [0.3, 0.4) is 0 Å². The highest BCUT2D eigenvalue weighted by Gasteiger charge is 2.16. The number of amides is 1. The van der Waals surface area contributed by atoms with E-state index in [0.29, 0.717) is 39.6 Å². The highest BCUT2D eigenvalue weighted by Crippen LogP contribution is 2.32. The summed E-state index contributed by atoms with van der Waals surface area (Å²) < 4.78 is 0. The highest BCUT2D eigenvalue weighted by molar-refractivity contribution is 6.13. The van der Waals surface area contributed by atoms with Crippen LogP contribution < -0.4 is 11.1 Å². The fraction of sp³-hybridized carbons (Fsp3) is 0.222. The number of halogens is 2. The Bertz CT molecular complexity index is 1030. The van der Waals surface area contributed by atoms with Crippen LogP contribution in [0.25, 0.3) is 21.8 Å². The van der Waals surface area contributed by atoms with Crippen LogP contribution in [0.5, 0.6) is 0 Å². The maximum atomic E-state index is 12.5. The molecule has 0 saturated carbocycles. The highest BCUT2D eigenvalue weighted by atomic mass is 35.5. The minimum absolute atomic E-state index is 0. The Morgan fingerprint density at radius 2 is 1.93 bits per heavy atom. The van der Waals surface area contributed by atoms with Crippen molar-refractivity contribution in [3.8, 4) is 0 Å². The summed E-state index contributed by atoms with van der Waals surface area (Å²) in [6.45, 7) is 1.23. The number of nitro groups is 1. The van der Waals surface area contributed by atoms with Crippen LogP contribution in [0.2, 0.25) is 0 Å². The van der Waals surface area contributed by atoms with Crippen molar-refractivity contribution in [2.45, 2.75) is 0 Å². The number of para-hydroxylation sites is 1. The Morgan fingerprint density at radius 3 is 2.57 bits per heavy atom. The molecule has 3 aromatic rings. The maximum Gasteiger partial charge on any atom is 0.270 e. The number of nitrogens with zero attached hydrogens (tertiary/aromatic N) is 3. The van der Waals surface area contributed by atoms with E-state index in [-0.39, 0.29) is 36.4 Å². The average molecular weight is 426 g/mol. The molecule has 0 aliphatic carbocycles. The molecule has 28 heavy (non-hydrogen) atoms. The molecular formula is C18H21Cl2N5O3. The molecule has 0 fully saturated rings. The van der Waals surface area contributed by atoms with E-state index in [4.69, 9.17) is 5.73 Å². The van der Waals surface area contributed by atoms with Crippen LogP contribution in [0.15, 0.2) is 36.4 Å². The molecule has 1 heterocycles. The van der Waals surface area contributed by atoms with Crippen molar-refractivity contribution in [1.82, 2.24) is 15.2 Å². The minimum Gasteiger partial charge on any atom is -0.398 e. The summed E-state index contributed by atoms with van der Waals surface area (Å²) in [6.07, 6.45) is 0. The van der Waals surface area contributed by atoms with Crippen LogP contribution in [-0.2, 0) is 0 Å². The molecule has 10 heteroatoms. The molecule has 150 valence electrons. The van der Waals surface area contributed by atoms with Crippen LogP contribution in [0, 0.1) is 10.1 Å². The molecule has 3 N–H and O–H groups in total. The predicted molar refractivity (Wildman–Crippen MR) is 116 cm³/mol. The zero-order valence-electron chi connectivity index (χ0n) is 15.3. The first kappa shape index (κ1) is 23.4. The monoisotopic (exact) mass is 425 g/mol. The number of rotatable bonds is 5. The number of anilines is 1. The number of nitrogen functional groups attached to an aromatic ring is 1. The van der Waals surface area contributed by atoms with E-state index in [1.807, 2.05) is 19.0 Å². The summed E-state index contributed by atoms with van der Waals surface area (Å²) in [5.74, 6) is -0.231. The fourth-order valence-electron chi connectivity index (χ4n) is 2.77. The molecule has 2 aromatic carbocycles. The molecule has 8 nitrogen and oxygen atoms in total. The van der Waals surface area contributed by atoms with Crippen molar-refractivity contribution in [2.75, 3.05) is 32.9 Å². The number of fused-ring (bicyclic) bond motifs is 2. The van der Waals surface area contributed by atoms with Crippen molar-refractivity contribution in [2.24, 2.45) is 0 Å². The second-order valence-electron chi connectivity index (χ2n) is 6.24. The van der Waals surface area contributed by atoms with E-state index in [2.05, 4.69) is 10.3 Å². The topological polar surface area (TPSA) is 114 Å². The molecule has 0 saturated heterocycles. The number of nitrogens with two attached hydrogens (primary N) is 1. The van der Waals surface area contributed by atoms with Crippen molar-refractivity contribution < 1.29 is 9.72 Å². The average Bonchev–Trinajstić information content (AvgIpc) is 2.60. The van der Waals surface area contributed by atoms with Crippen molar-refractivity contribution in [3.05, 3.63) is 52.1 Å². The lowest BCUT2D eigenvalue weighted by atomic mass is 10.0. The lowest BCUT2D eigenvalue weighted by molar-refractivity contribution is -0.384. The molecule has 1 aromatic heterocycles. The fourth-order valence-corrected chi connectivity index (χ4v) is 2.77. The third-order valence-corrected chi connectivity index (χ3v) is 4.13.